The second-order valence-corrected chi connectivity index (χ2v) is 13.8. The average molecular weight is 700 g/mol. The Balaban J connectivity index is 1.28. The predicted molar refractivity (Wildman–Crippen MR) is 227 cm³/mol. The van der Waals surface area contributed by atoms with Crippen LogP contribution in [-0.2, 0) is 0 Å². The molecule has 0 spiro atoms. The lowest BCUT2D eigenvalue weighted by molar-refractivity contribution is 1.13. The number of nitrogens with zero attached hydrogens (tertiary/aromatic N) is 5. The van der Waals surface area contributed by atoms with Gasteiger partial charge in [0.25, 0.3) is 0 Å². The molecule has 0 saturated carbocycles. The van der Waals surface area contributed by atoms with Gasteiger partial charge in [-0.3, -0.25) is 0 Å². The fourth-order valence-electron chi connectivity index (χ4n) is 8.93. The molecule has 3 heterocycles. The molecule has 55 heavy (non-hydrogen) atoms. The van der Waals surface area contributed by atoms with E-state index in [1.165, 1.54) is 10.8 Å². The predicted octanol–water partition coefficient (Wildman–Crippen LogP) is 13.7. The molecule has 0 bridgehead atoms. The molecule has 3 aromatic heterocycles. The van der Waals surface area contributed by atoms with Crippen LogP contribution in [0.4, 0.5) is 11.4 Å². The summed E-state index contributed by atoms with van der Waals surface area (Å²) in [6, 6.07) is 61.1. The zero-order chi connectivity index (χ0) is 36.6. The van der Waals surface area contributed by atoms with E-state index >= 15 is 0 Å². The lowest BCUT2D eigenvalue weighted by Crippen LogP contribution is -2.03. The first-order chi connectivity index (χ1) is 27.3. The summed E-state index contributed by atoms with van der Waals surface area (Å²) < 4.78 is 7.02. The van der Waals surface area contributed by atoms with Crippen molar-refractivity contribution in [1.29, 1.82) is 0 Å². The van der Waals surface area contributed by atoms with Crippen molar-refractivity contribution in [1.82, 2.24) is 13.7 Å². The normalized spacial score (nSPS) is 11.6. The molecule has 0 aliphatic carbocycles. The minimum absolute atomic E-state index is 0.563. The Kier molecular flexibility index (Phi) is 6.61. The van der Waals surface area contributed by atoms with Crippen molar-refractivity contribution < 1.29 is 0 Å². The highest BCUT2D eigenvalue weighted by molar-refractivity contribution is 6.17. The number of fused-ring (bicyclic) bond motifs is 9. The molecule has 11 aromatic rings. The minimum Gasteiger partial charge on any atom is -0.310 e. The molecule has 0 unspecified atom stereocenters. The van der Waals surface area contributed by atoms with Gasteiger partial charge < -0.3 is 13.7 Å². The summed E-state index contributed by atoms with van der Waals surface area (Å²) in [6.45, 7) is 16.6. The molecular weight excluding hydrogens is 671 g/mol. The second-order valence-electron chi connectivity index (χ2n) is 13.8. The van der Waals surface area contributed by atoms with Crippen LogP contribution in [0.25, 0.3) is 103 Å². The smallest absolute Gasteiger partial charge is 0.197 e. The SMILES string of the molecule is [C-]#[N+]c1cccc(-n2c3ccccc3c3cccc(-n4c5ccccc5c5ccccc54)c32)c1-c1ccccc1-n1c2ccccc2c2c([N+]#[C-])cccc21. The standard InChI is InChI=1S/C50H29N5/c1-51-38-22-14-29-45-48(38)36-19-6-11-27-43(36)53(45)44-28-12-7-20-37(44)49-39(52-2)23-15-30-46(49)55-42-26-10-5-18-34(42)35-21-13-31-47(50(35)55)54-40-24-8-3-16-32(40)33-17-4-9-25-41(33)54/h3-31H. The maximum Gasteiger partial charge on any atom is 0.197 e. The Labute approximate surface area is 316 Å². The molecule has 254 valence electrons. The Hall–Kier alpha value is -7.86. The first-order valence-electron chi connectivity index (χ1n) is 18.3. The summed E-state index contributed by atoms with van der Waals surface area (Å²) in [5.41, 5.74) is 12.2. The largest absolute Gasteiger partial charge is 0.310 e. The quantitative estimate of drug-likeness (QED) is 0.163. The first-order valence-corrected chi connectivity index (χ1v) is 18.3. The van der Waals surface area contributed by atoms with Crippen molar-refractivity contribution in [3.05, 3.63) is 199 Å². The molecule has 0 aliphatic rings. The highest BCUT2D eigenvalue weighted by atomic mass is 15.1. The Morgan fingerprint density at radius 3 is 1.45 bits per heavy atom. The number of para-hydroxylation sites is 6. The van der Waals surface area contributed by atoms with Gasteiger partial charge in [-0.05, 0) is 59.5 Å². The van der Waals surface area contributed by atoms with Crippen LogP contribution in [0, 0.1) is 13.1 Å². The van der Waals surface area contributed by atoms with E-state index in [9.17, 15) is 0 Å². The van der Waals surface area contributed by atoms with Crippen molar-refractivity contribution in [2.75, 3.05) is 0 Å². The summed E-state index contributed by atoms with van der Waals surface area (Å²) in [5.74, 6) is 0. The van der Waals surface area contributed by atoms with Crippen LogP contribution in [0.2, 0.25) is 0 Å². The van der Waals surface area contributed by atoms with Gasteiger partial charge in [0.1, 0.15) is 0 Å². The zero-order valence-corrected chi connectivity index (χ0v) is 29.5. The Morgan fingerprint density at radius 2 is 0.764 bits per heavy atom. The molecule has 0 amide bonds. The van der Waals surface area contributed by atoms with Gasteiger partial charge in [0.2, 0.25) is 0 Å². The van der Waals surface area contributed by atoms with Gasteiger partial charge in [0.05, 0.1) is 52.1 Å². The molecule has 5 heteroatoms. The summed E-state index contributed by atoms with van der Waals surface area (Å²) >= 11 is 0. The van der Waals surface area contributed by atoms with Gasteiger partial charge in [-0.1, -0.05) is 127 Å². The number of hydrogen-bond donors (Lipinski definition) is 0. The van der Waals surface area contributed by atoms with E-state index in [-0.39, 0.29) is 0 Å². The van der Waals surface area contributed by atoms with Gasteiger partial charge in [0.15, 0.2) is 11.4 Å². The van der Waals surface area contributed by atoms with Crippen molar-refractivity contribution in [3.8, 4) is 28.2 Å². The summed E-state index contributed by atoms with van der Waals surface area (Å²) in [4.78, 5) is 8.12. The molecule has 11 rings (SSSR count). The van der Waals surface area contributed by atoms with Crippen LogP contribution in [0.15, 0.2) is 176 Å². The van der Waals surface area contributed by atoms with Crippen LogP contribution in [0.3, 0.4) is 0 Å². The molecule has 8 aromatic carbocycles. The van der Waals surface area contributed by atoms with E-state index in [0.29, 0.717) is 11.4 Å². The van der Waals surface area contributed by atoms with Crippen molar-refractivity contribution in [3.63, 3.8) is 0 Å². The number of aromatic nitrogens is 3. The van der Waals surface area contributed by atoms with E-state index in [2.05, 4.69) is 163 Å². The van der Waals surface area contributed by atoms with Crippen LogP contribution in [0.1, 0.15) is 0 Å². The van der Waals surface area contributed by atoms with Crippen LogP contribution in [-0.4, -0.2) is 13.7 Å². The third-order valence-electron chi connectivity index (χ3n) is 11.1. The maximum absolute atomic E-state index is 8.55. The Morgan fingerprint density at radius 1 is 0.327 bits per heavy atom. The molecule has 0 atom stereocenters. The second kappa shape index (κ2) is 11.8. The van der Waals surface area contributed by atoms with E-state index in [1.807, 2.05) is 36.4 Å². The maximum atomic E-state index is 8.55. The molecule has 5 nitrogen and oxygen atoms in total. The van der Waals surface area contributed by atoms with Gasteiger partial charge in [-0.25, -0.2) is 9.69 Å². The molecule has 0 radical (unpaired) electrons. The molecular formula is C50H29N5. The van der Waals surface area contributed by atoms with Crippen molar-refractivity contribution in [2.24, 2.45) is 0 Å². The van der Waals surface area contributed by atoms with Gasteiger partial charge in [0, 0.05) is 43.7 Å². The number of benzene rings is 8. The summed E-state index contributed by atoms with van der Waals surface area (Å²) in [7, 11) is 0. The Bertz CT molecular complexity index is 3420. The minimum atomic E-state index is 0.563. The van der Waals surface area contributed by atoms with Gasteiger partial charge in [-0.15, -0.1) is 0 Å². The van der Waals surface area contributed by atoms with Crippen molar-refractivity contribution in [2.45, 2.75) is 0 Å². The molecule has 0 fully saturated rings. The van der Waals surface area contributed by atoms with Crippen LogP contribution < -0.4 is 0 Å². The molecule has 0 aliphatic heterocycles. The first kappa shape index (κ1) is 30.7. The summed E-state index contributed by atoms with van der Waals surface area (Å²) in [5, 5.41) is 6.64. The van der Waals surface area contributed by atoms with Crippen molar-refractivity contribution >= 4 is 76.8 Å². The lowest BCUT2D eigenvalue weighted by atomic mass is 9.98. The van der Waals surface area contributed by atoms with E-state index in [4.69, 9.17) is 13.1 Å². The van der Waals surface area contributed by atoms with Gasteiger partial charge in [-0.2, -0.15) is 0 Å². The fraction of sp³-hybridized carbons (Fsp3) is 0. The summed E-state index contributed by atoms with van der Waals surface area (Å²) in [6.07, 6.45) is 0. The number of rotatable bonds is 4. The average Bonchev–Trinajstić information content (AvgIpc) is 3.89. The van der Waals surface area contributed by atoms with Crippen LogP contribution >= 0.6 is 0 Å². The lowest BCUT2D eigenvalue weighted by Gasteiger charge is -2.21. The third kappa shape index (κ3) is 4.27. The topological polar surface area (TPSA) is 23.5 Å². The van der Waals surface area contributed by atoms with E-state index in [1.54, 1.807) is 0 Å². The fourth-order valence-corrected chi connectivity index (χ4v) is 8.93. The van der Waals surface area contributed by atoms with Gasteiger partial charge >= 0.3 is 0 Å². The number of hydrogen-bond acceptors (Lipinski definition) is 0. The highest BCUT2D eigenvalue weighted by Gasteiger charge is 2.25. The molecule has 0 saturated heterocycles. The zero-order valence-electron chi connectivity index (χ0n) is 29.5. The van der Waals surface area contributed by atoms with E-state index < -0.39 is 0 Å². The molecule has 0 N–H and O–H groups in total. The third-order valence-corrected chi connectivity index (χ3v) is 11.1. The highest BCUT2D eigenvalue weighted by Crippen LogP contribution is 2.46. The van der Waals surface area contributed by atoms with Crippen LogP contribution in [0.5, 0.6) is 0 Å². The monoisotopic (exact) mass is 699 g/mol. The van der Waals surface area contributed by atoms with E-state index in [0.717, 1.165) is 82.8 Å².